The Kier molecular flexibility index (Phi) is 5.36. The molecule has 2 fully saturated rings. The zero-order chi connectivity index (χ0) is 19.7. The number of likely N-dealkylation sites (tertiary alicyclic amines) is 2. The smallest absolute Gasteiger partial charge is 0.240 e. The molecular weight excluding hydrogens is 355 g/mol. The Morgan fingerprint density at radius 2 is 1.75 bits per heavy atom. The molecule has 3 atom stereocenters. The normalized spacial score (nSPS) is 26.0. The number of aryl methyl sites for hydroxylation is 1. The van der Waals surface area contributed by atoms with Gasteiger partial charge in [0.05, 0.1) is 6.04 Å². The number of rotatable bonds is 4. The third kappa shape index (κ3) is 3.90. The third-order valence-electron chi connectivity index (χ3n) is 6.10. The van der Waals surface area contributed by atoms with Gasteiger partial charge in [-0.05, 0) is 49.6 Å². The summed E-state index contributed by atoms with van der Waals surface area (Å²) in [5.74, 6) is 0.148. The van der Waals surface area contributed by atoms with Crippen molar-refractivity contribution in [1.82, 2.24) is 9.80 Å². The standard InChI is InChI=1S/C23H27FN2O2/c1-16-2-4-17(5-3-16)14-26-13-11-22(23(26)28)25-12-10-20(21(24)15-25)18-6-8-19(27)9-7-18/h2-9,20-22,27H,10-15H2,1H3/t20?,21?,22-/m0/s1. The van der Waals surface area contributed by atoms with Crippen LogP contribution in [0.3, 0.4) is 0 Å². The fraction of sp³-hybridized carbons (Fsp3) is 0.435. The largest absolute Gasteiger partial charge is 0.508 e. The number of carbonyl (C=O) groups is 1. The maximum Gasteiger partial charge on any atom is 0.240 e. The van der Waals surface area contributed by atoms with Gasteiger partial charge in [0.25, 0.3) is 0 Å². The lowest BCUT2D eigenvalue weighted by Gasteiger charge is -2.37. The van der Waals surface area contributed by atoms with Crippen LogP contribution in [0.2, 0.25) is 0 Å². The van der Waals surface area contributed by atoms with E-state index in [2.05, 4.69) is 31.2 Å². The van der Waals surface area contributed by atoms with E-state index in [9.17, 15) is 14.3 Å². The minimum Gasteiger partial charge on any atom is -0.508 e. The van der Waals surface area contributed by atoms with Crippen molar-refractivity contribution in [2.24, 2.45) is 0 Å². The van der Waals surface area contributed by atoms with Gasteiger partial charge in [0.2, 0.25) is 5.91 Å². The number of hydrogen-bond donors (Lipinski definition) is 1. The number of alkyl halides is 1. The molecule has 2 unspecified atom stereocenters. The number of phenols is 1. The lowest BCUT2D eigenvalue weighted by Crippen LogP contribution is -2.49. The van der Waals surface area contributed by atoms with E-state index in [-0.39, 0.29) is 23.6 Å². The minimum absolute atomic E-state index is 0.121. The van der Waals surface area contributed by atoms with E-state index in [0.717, 1.165) is 30.6 Å². The average molecular weight is 382 g/mol. The van der Waals surface area contributed by atoms with Crippen LogP contribution in [-0.2, 0) is 11.3 Å². The van der Waals surface area contributed by atoms with Gasteiger partial charge in [-0.2, -0.15) is 0 Å². The van der Waals surface area contributed by atoms with Crippen molar-refractivity contribution in [1.29, 1.82) is 0 Å². The summed E-state index contributed by atoms with van der Waals surface area (Å²) in [5, 5.41) is 9.44. The van der Waals surface area contributed by atoms with E-state index in [4.69, 9.17) is 0 Å². The van der Waals surface area contributed by atoms with E-state index < -0.39 is 6.17 Å². The van der Waals surface area contributed by atoms with Crippen molar-refractivity contribution < 1.29 is 14.3 Å². The van der Waals surface area contributed by atoms with Crippen LogP contribution >= 0.6 is 0 Å². The summed E-state index contributed by atoms with van der Waals surface area (Å²) in [6, 6.07) is 14.9. The Balaban J connectivity index is 1.37. The molecule has 0 saturated carbocycles. The van der Waals surface area contributed by atoms with Gasteiger partial charge in [-0.1, -0.05) is 42.0 Å². The third-order valence-corrected chi connectivity index (χ3v) is 6.10. The van der Waals surface area contributed by atoms with Crippen molar-refractivity contribution in [3.05, 3.63) is 65.2 Å². The van der Waals surface area contributed by atoms with Gasteiger partial charge in [-0.3, -0.25) is 9.69 Å². The Morgan fingerprint density at radius 1 is 1.04 bits per heavy atom. The number of aromatic hydroxyl groups is 1. The molecule has 2 heterocycles. The van der Waals surface area contributed by atoms with Crippen LogP contribution in [0, 0.1) is 6.92 Å². The Labute approximate surface area is 165 Å². The molecule has 5 heteroatoms. The summed E-state index contributed by atoms with van der Waals surface area (Å²) in [4.78, 5) is 16.8. The molecular formula is C23H27FN2O2. The summed E-state index contributed by atoms with van der Waals surface area (Å²) in [6.45, 7) is 4.42. The summed E-state index contributed by atoms with van der Waals surface area (Å²) in [7, 11) is 0. The summed E-state index contributed by atoms with van der Waals surface area (Å²) in [6.07, 6.45) is 0.451. The first-order chi connectivity index (χ1) is 13.5. The second-order valence-electron chi connectivity index (χ2n) is 8.05. The second-order valence-corrected chi connectivity index (χ2v) is 8.05. The zero-order valence-electron chi connectivity index (χ0n) is 16.2. The molecule has 0 bridgehead atoms. The van der Waals surface area contributed by atoms with Crippen molar-refractivity contribution in [2.45, 2.75) is 44.4 Å². The minimum atomic E-state index is -1.00. The molecule has 4 nitrogen and oxygen atoms in total. The molecule has 28 heavy (non-hydrogen) atoms. The highest BCUT2D eigenvalue weighted by Crippen LogP contribution is 2.33. The molecule has 2 saturated heterocycles. The van der Waals surface area contributed by atoms with E-state index in [1.807, 2.05) is 9.80 Å². The summed E-state index contributed by atoms with van der Waals surface area (Å²) < 4.78 is 14.9. The van der Waals surface area contributed by atoms with Crippen LogP contribution in [-0.4, -0.2) is 52.7 Å². The van der Waals surface area contributed by atoms with Gasteiger partial charge in [-0.15, -0.1) is 0 Å². The van der Waals surface area contributed by atoms with Gasteiger partial charge < -0.3 is 10.0 Å². The van der Waals surface area contributed by atoms with E-state index in [1.165, 1.54) is 5.56 Å². The summed E-state index contributed by atoms with van der Waals surface area (Å²) >= 11 is 0. The number of hydrogen-bond acceptors (Lipinski definition) is 3. The number of amides is 1. The Bertz CT molecular complexity index is 822. The number of carbonyl (C=O) groups excluding carboxylic acids is 1. The first-order valence-corrected chi connectivity index (χ1v) is 10.0. The number of nitrogens with zero attached hydrogens (tertiary/aromatic N) is 2. The SMILES string of the molecule is Cc1ccc(CN2CC[C@H](N3CCC(c4ccc(O)cc4)C(F)C3)C2=O)cc1. The highest BCUT2D eigenvalue weighted by atomic mass is 19.1. The average Bonchev–Trinajstić information content (AvgIpc) is 3.05. The second kappa shape index (κ2) is 7.92. The van der Waals surface area contributed by atoms with Gasteiger partial charge in [0.15, 0.2) is 0 Å². The topological polar surface area (TPSA) is 43.8 Å². The lowest BCUT2D eigenvalue weighted by molar-refractivity contribution is -0.133. The van der Waals surface area contributed by atoms with Gasteiger partial charge in [0, 0.05) is 25.6 Å². The zero-order valence-corrected chi connectivity index (χ0v) is 16.2. The van der Waals surface area contributed by atoms with Gasteiger partial charge >= 0.3 is 0 Å². The first-order valence-electron chi connectivity index (χ1n) is 10.0. The van der Waals surface area contributed by atoms with E-state index >= 15 is 0 Å². The van der Waals surface area contributed by atoms with Crippen LogP contribution in [0.1, 0.15) is 35.4 Å². The van der Waals surface area contributed by atoms with Crippen LogP contribution < -0.4 is 0 Å². The van der Waals surface area contributed by atoms with Crippen LogP contribution in [0.4, 0.5) is 4.39 Å². The van der Waals surface area contributed by atoms with Crippen LogP contribution in [0.5, 0.6) is 5.75 Å². The molecule has 4 rings (SSSR count). The summed E-state index contributed by atoms with van der Waals surface area (Å²) in [5.41, 5.74) is 3.26. The highest BCUT2D eigenvalue weighted by molar-refractivity contribution is 5.84. The monoisotopic (exact) mass is 382 g/mol. The first kappa shape index (κ1) is 18.9. The molecule has 2 aliphatic rings. The molecule has 0 radical (unpaired) electrons. The number of benzene rings is 2. The maximum atomic E-state index is 14.9. The van der Waals surface area contributed by atoms with Crippen molar-refractivity contribution in [3.8, 4) is 5.75 Å². The van der Waals surface area contributed by atoms with Crippen LogP contribution in [0.25, 0.3) is 0 Å². The Hall–Kier alpha value is -2.40. The van der Waals surface area contributed by atoms with Crippen LogP contribution in [0.15, 0.2) is 48.5 Å². The molecule has 0 aliphatic carbocycles. The molecule has 148 valence electrons. The highest BCUT2D eigenvalue weighted by Gasteiger charge is 2.40. The molecule has 1 N–H and O–H groups in total. The quantitative estimate of drug-likeness (QED) is 0.878. The molecule has 0 aromatic heterocycles. The number of phenolic OH excluding ortho intramolecular Hbond substituents is 1. The molecule has 2 aliphatic heterocycles. The molecule has 2 aromatic rings. The van der Waals surface area contributed by atoms with Gasteiger partial charge in [-0.25, -0.2) is 4.39 Å². The lowest BCUT2D eigenvalue weighted by atomic mass is 9.87. The van der Waals surface area contributed by atoms with Crippen molar-refractivity contribution >= 4 is 5.91 Å². The number of halogens is 1. The number of piperidine rings is 1. The van der Waals surface area contributed by atoms with E-state index in [1.54, 1.807) is 24.3 Å². The maximum absolute atomic E-state index is 14.9. The van der Waals surface area contributed by atoms with Gasteiger partial charge in [0.1, 0.15) is 11.9 Å². The van der Waals surface area contributed by atoms with E-state index in [0.29, 0.717) is 19.5 Å². The molecule has 0 spiro atoms. The Morgan fingerprint density at radius 3 is 2.43 bits per heavy atom. The van der Waals surface area contributed by atoms with Crippen molar-refractivity contribution in [3.63, 3.8) is 0 Å². The molecule has 1 amide bonds. The predicted molar refractivity (Wildman–Crippen MR) is 107 cm³/mol. The predicted octanol–water partition coefficient (Wildman–Crippen LogP) is 3.63. The fourth-order valence-electron chi connectivity index (χ4n) is 4.44. The van der Waals surface area contributed by atoms with Crippen molar-refractivity contribution in [2.75, 3.05) is 19.6 Å². The molecule has 2 aromatic carbocycles. The fourth-order valence-corrected chi connectivity index (χ4v) is 4.44.